The maximum atomic E-state index is 5.65. The SMILES string of the molecule is CCNCC1(Cc2ccc(C(C)C)cc2)CCOC1. The van der Waals surface area contributed by atoms with Crippen LogP contribution in [0, 0.1) is 5.41 Å². The Bertz CT molecular complexity index is 377. The molecule has 0 spiro atoms. The number of hydrogen-bond acceptors (Lipinski definition) is 2. The predicted octanol–water partition coefficient (Wildman–Crippen LogP) is 3.37. The van der Waals surface area contributed by atoms with Gasteiger partial charge >= 0.3 is 0 Å². The second kappa shape index (κ2) is 6.53. The van der Waals surface area contributed by atoms with E-state index < -0.39 is 0 Å². The fourth-order valence-electron chi connectivity index (χ4n) is 2.83. The van der Waals surface area contributed by atoms with E-state index in [-0.39, 0.29) is 0 Å². The van der Waals surface area contributed by atoms with E-state index in [2.05, 4.69) is 50.4 Å². The molecule has 1 aromatic carbocycles. The van der Waals surface area contributed by atoms with Crippen molar-refractivity contribution in [3.05, 3.63) is 35.4 Å². The van der Waals surface area contributed by atoms with E-state index in [1.54, 1.807) is 0 Å². The summed E-state index contributed by atoms with van der Waals surface area (Å²) in [5, 5.41) is 3.50. The van der Waals surface area contributed by atoms with Gasteiger partial charge in [-0.1, -0.05) is 45.0 Å². The molecule has 1 fully saturated rings. The quantitative estimate of drug-likeness (QED) is 0.847. The highest BCUT2D eigenvalue weighted by atomic mass is 16.5. The van der Waals surface area contributed by atoms with Gasteiger partial charge in [0.1, 0.15) is 0 Å². The van der Waals surface area contributed by atoms with E-state index in [0.29, 0.717) is 11.3 Å². The molecule has 1 heterocycles. The molecule has 1 aliphatic rings. The number of ether oxygens (including phenoxy) is 1. The lowest BCUT2D eigenvalue weighted by atomic mass is 9.80. The molecule has 0 bridgehead atoms. The second-order valence-electron chi connectivity index (χ2n) is 6.16. The van der Waals surface area contributed by atoms with Gasteiger partial charge in [-0.05, 0) is 36.4 Å². The lowest BCUT2D eigenvalue weighted by Crippen LogP contribution is -2.36. The third kappa shape index (κ3) is 3.80. The first-order valence-electron chi connectivity index (χ1n) is 7.52. The van der Waals surface area contributed by atoms with Gasteiger partial charge in [0, 0.05) is 18.6 Å². The third-order valence-electron chi connectivity index (χ3n) is 4.16. The minimum absolute atomic E-state index is 0.301. The molecule has 2 rings (SSSR count). The van der Waals surface area contributed by atoms with Gasteiger partial charge in [0.15, 0.2) is 0 Å². The summed E-state index contributed by atoms with van der Waals surface area (Å²) >= 11 is 0. The molecule has 1 unspecified atom stereocenters. The zero-order valence-corrected chi connectivity index (χ0v) is 12.5. The van der Waals surface area contributed by atoms with E-state index in [1.807, 2.05) is 0 Å². The van der Waals surface area contributed by atoms with Gasteiger partial charge < -0.3 is 10.1 Å². The van der Waals surface area contributed by atoms with Crippen LogP contribution in [0.25, 0.3) is 0 Å². The fourth-order valence-corrected chi connectivity index (χ4v) is 2.83. The Labute approximate surface area is 117 Å². The Morgan fingerprint density at radius 2 is 2.00 bits per heavy atom. The average Bonchev–Trinajstić information content (AvgIpc) is 2.86. The Kier molecular flexibility index (Phi) is 5.00. The minimum Gasteiger partial charge on any atom is -0.381 e. The smallest absolute Gasteiger partial charge is 0.0538 e. The molecule has 19 heavy (non-hydrogen) atoms. The van der Waals surface area contributed by atoms with E-state index >= 15 is 0 Å². The van der Waals surface area contributed by atoms with Gasteiger partial charge in [-0.15, -0.1) is 0 Å². The van der Waals surface area contributed by atoms with Crippen molar-refractivity contribution in [1.29, 1.82) is 0 Å². The predicted molar refractivity (Wildman–Crippen MR) is 80.6 cm³/mol. The second-order valence-corrected chi connectivity index (χ2v) is 6.16. The topological polar surface area (TPSA) is 21.3 Å². The molecule has 106 valence electrons. The normalized spacial score (nSPS) is 23.2. The van der Waals surface area contributed by atoms with Crippen LogP contribution in [-0.4, -0.2) is 26.3 Å². The van der Waals surface area contributed by atoms with Crippen molar-refractivity contribution in [2.45, 2.75) is 39.5 Å². The number of nitrogens with one attached hydrogen (secondary N) is 1. The molecule has 1 aliphatic heterocycles. The molecule has 1 saturated heterocycles. The molecule has 0 amide bonds. The van der Waals surface area contributed by atoms with Gasteiger partial charge in [-0.3, -0.25) is 0 Å². The zero-order valence-electron chi connectivity index (χ0n) is 12.5. The Morgan fingerprint density at radius 3 is 2.53 bits per heavy atom. The fraction of sp³-hybridized carbons (Fsp3) is 0.647. The molecule has 0 radical (unpaired) electrons. The van der Waals surface area contributed by atoms with Crippen LogP contribution in [0.3, 0.4) is 0 Å². The molecular weight excluding hydrogens is 234 g/mol. The van der Waals surface area contributed by atoms with Gasteiger partial charge in [0.05, 0.1) is 6.61 Å². The lowest BCUT2D eigenvalue weighted by molar-refractivity contribution is 0.149. The third-order valence-corrected chi connectivity index (χ3v) is 4.16. The number of rotatable bonds is 6. The Morgan fingerprint density at radius 1 is 1.26 bits per heavy atom. The maximum Gasteiger partial charge on any atom is 0.0538 e. The van der Waals surface area contributed by atoms with E-state index in [9.17, 15) is 0 Å². The van der Waals surface area contributed by atoms with Crippen LogP contribution in [0.5, 0.6) is 0 Å². The molecule has 0 aromatic heterocycles. The van der Waals surface area contributed by atoms with Gasteiger partial charge in [-0.25, -0.2) is 0 Å². The van der Waals surface area contributed by atoms with Crippen LogP contribution in [0.4, 0.5) is 0 Å². The summed E-state index contributed by atoms with van der Waals surface area (Å²) in [6.45, 7) is 10.6. The van der Waals surface area contributed by atoms with Crippen molar-refractivity contribution in [2.24, 2.45) is 5.41 Å². The average molecular weight is 261 g/mol. The van der Waals surface area contributed by atoms with Gasteiger partial charge in [0.2, 0.25) is 0 Å². The number of hydrogen-bond donors (Lipinski definition) is 1. The summed E-state index contributed by atoms with van der Waals surface area (Å²) in [6.07, 6.45) is 2.30. The summed E-state index contributed by atoms with van der Waals surface area (Å²) in [6, 6.07) is 9.14. The van der Waals surface area contributed by atoms with Crippen LogP contribution in [0.15, 0.2) is 24.3 Å². The first kappa shape index (κ1) is 14.5. The largest absolute Gasteiger partial charge is 0.381 e. The highest BCUT2D eigenvalue weighted by Crippen LogP contribution is 2.32. The van der Waals surface area contributed by atoms with Gasteiger partial charge in [-0.2, -0.15) is 0 Å². The van der Waals surface area contributed by atoms with E-state index in [0.717, 1.165) is 32.7 Å². The van der Waals surface area contributed by atoms with Crippen molar-refractivity contribution >= 4 is 0 Å². The molecule has 1 aromatic rings. The molecule has 2 nitrogen and oxygen atoms in total. The van der Waals surface area contributed by atoms with Crippen LogP contribution in [0.2, 0.25) is 0 Å². The maximum absolute atomic E-state index is 5.65. The summed E-state index contributed by atoms with van der Waals surface area (Å²) in [5.41, 5.74) is 3.16. The van der Waals surface area contributed by atoms with Crippen LogP contribution in [-0.2, 0) is 11.2 Å². The molecule has 0 saturated carbocycles. The monoisotopic (exact) mass is 261 g/mol. The lowest BCUT2D eigenvalue weighted by Gasteiger charge is -2.28. The summed E-state index contributed by atoms with van der Waals surface area (Å²) in [7, 11) is 0. The Hall–Kier alpha value is -0.860. The molecular formula is C17H27NO. The first-order chi connectivity index (χ1) is 9.15. The van der Waals surface area contributed by atoms with Crippen molar-refractivity contribution < 1.29 is 4.74 Å². The van der Waals surface area contributed by atoms with Crippen molar-refractivity contribution in [2.75, 3.05) is 26.3 Å². The van der Waals surface area contributed by atoms with Crippen molar-refractivity contribution in [3.63, 3.8) is 0 Å². The Balaban J connectivity index is 2.04. The first-order valence-corrected chi connectivity index (χ1v) is 7.52. The zero-order chi connectivity index (χ0) is 13.7. The molecule has 0 aliphatic carbocycles. The van der Waals surface area contributed by atoms with Crippen LogP contribution in [0.1, 0.15) is 44.2 Å². The summed E-state index contributed by atoms with van der Waals surface area (Å²) < 4.78 is 5.65. The minimum atomic E-state index is 0.301. The number of benzene rings is 1. The van der Waals surface area contributed by atoms with Gasteiger partial charge in [0.25, 0.3) is 0 Å². The highest BCUT2D eigenvalue weighted by Gasteiger charge is 2.34. The van der Waals surface area contributed by atoms with Crippen molar-refractivity contribution in [3.8, 4) is 0 Å². The highest BCUT2D eigenvalue weighted by molar-refractivity contribution is 5.25. The van der Waals surface area contributed by atoms with E-state index in [4.69, 9.17) is 4.74 Å². The molecule has 1 N–H and O–H groups in total. The van der Waals surface area contributed by atoms with Crippen molar-refractivity contribution in [1.82, 2.24) is 5.32 Å². The van der Waals surface area contributed by atoms with E-state index in [1.165, 1.54) is 17.5 Å². The molecule has 1 atom stereocenters. The summed E-state index contributed by atoms with van der Waals surface area (Å²) in [5.74, 6) is 0.611. The summed E-state index contributed by atoms with van der Waals surface area (Å²) in [4.78, 5) is 0. The van der Waals surface area contributed by atoms with Crippen LogP contribution >= 0.6 is 0 Å². The standard InChI is InChI=1S/C17H27NO/c1-4-18-12-17(9-10-19-13-17)11-15-5-7-16(8-6-15)14(2)3/h5-8,14,18H,4,9-13H2,1-3H3. The molecule has 2 heteroatoms. The van der Waals surface area contributed by atoms with Crippen LogP contribution < -0.4 is 5.32 Å².